The van der Waals surface area contributed by atoms with Gasteiger partial charge >= 0.3 is 0 Å². The summed E-state index contributed by atoms with van der Waals surface area (Å²) >= 11 is 7.55. The number of halogens is 2. The molecule has 0 spiro atoms. The third-order valence-corrected chi connectivity index (χ3v) is 3.92. The third-order valence-electron chi connectivity index (χ3n) is 2.95. The summed E-state index contributed by atoms with van der Waals surface area (Å²) in [6, 6.07) is 4.51. The Balaban J connectivity index is 2.03. The maximum absolute atomic E-state index is 13.0. The maximum atomic E-state index is 13.0. The molecule has 0 fully saturated rings. The summed E-state index contributed by atoms with van der Waals surface area (Å²) in [5.41, 5.74) is 0. The van der Waals surface area contributed by atoms with Crippen molar-refractivity contribution in [3.63, 3.8) is 0 Å². The van der Waals surface area contributed by atoms with E-state index in [-0.39, 0.29) is 5.82 Å². The zero-order chi connectivity index (χ0) is 13.9. The average Bonchev–Trinajstić information content (AvgIpc) is 2.40. The van der Waals surface area contributed by atoms with Crippen LogP contribution in [0.1, 0.15) is 44.9 Å². The first kappa shape index (κ1) is 16.8. The number of hydrogen-bond acceptors (Lipinski definition) is 2. The highest BCUT2D eigenvalue weighted by Gasteiger charge is 2.02. The highest BCUT2D eigenvalue weighted by atomic mass is 79.9. The molecule has 19 heavy (non-hydrogen) atoms. The molecule has 0 amide bonds. The van der Waals surface area contributed by atoms with Gasteiger partial charge in [0.2, 0.25) is 0 Å². The lowest BCUT2D eigenvalue weighted by atomic mass is 10.1. The Bertz CT molecular complexity index is 360. The van der Waals surface area contributed by atoms with Gasteiger partial charge in [0.15, 0.2) is 0 Å². The van der Waals surface area contributed by atoms with Crippen LogP contribution in [-0.4, -0.2) is 12.4 Å². The van der Waals surface area contributed by atoms with Gasteiger partial charge in [0.25, 0.3) is 0 Å². The molecule has 0 bridgehead atoms. The van der Waals surface area contributed by atoms with Crippen molar-refractivity contribution in [2.75, 3.05) is 12.4 Å². The van der Waals surface area contributed by atoms with Gasteiger partial charge in [-0.1, -0.05) is 32.1 Å². The van der Waals surface area contributed by atoms with Crippen molar-refractivity contribution in [3.8, 4) is 5.75 Å². The summed E-state index contributed by atoms with van der Waals surface area (Å²) in [4.78, 5) is 0. The standard InChI is InChI=1S/C15H22BrFOS/c16-14-9-8-13(17)12-15(14)18-10-6-4-2-1-3-5-7-11-19/h8-9,12,19H,1-7,10-11H2. The van der Waals surface area contributed by atoms with E-state index in [0.29, 0.717) is 12.4 Å². The molecule has 108 valence electrons. The maximum Gasteiger partial charge on any atom is 0.136 e. The first-order chi connectivity index (χ1) is 9.24. The SMILES string of the molecule is Fc1ccc(Br)c(OCCCCCCCCCS)c1. The summed E-state index contributed by atoms with van der Waals surface area (Å²) in [7, 11) is 0. The molecular weight excluding hydrogens is 327 g/mol. The second kappa shape index (κ2) is 10.6. The van der Waals surface area contributed by atoms with Gasteiger partial charge in [0, 0.05) is 6.07 Å². The molecule has 4 heteroatoms. The van der Waals surface area contributed by atoms with E-state index in [9.17, 15) is 4.39 Å². The Kier molecular flexibility index (Phi) is 9.35. The minimum absolute atomic E-state index is 0.262. The van der Waals surface area contributed by atoms with Crippen molar-refractivity contribution >= 4 is 28.6 Å². The molecule has 0 atom stereocenters. The Morgan fingerprint density at radius 2 is 1.63 bits per heavy atom. The van der Waals surface area contributed by atoms with E-state index >= 15 is 0 Å². The number of ether oxygens (including phenoxy) is 1. The highest BCUT2D eigenvalue weighted by molar-refractivity contribution is 9.10. The zero-order valence-corrected chi connectivity index (χ0v) is 13.7. The van der Waals surface area contributed by atoms with E-state index in [1.165, 1.54) is 50.7 Å². The minimum Gasteiger partial charge on any atom is -0.492 e. The van der Waals surface area contributed by atoms with Crippen LogP contribution >= 0.6 is 28.6 Å². The van der Waals surface area contributed by atoms with Gasteiger partial charge < -0.3 is 4.74 Å². The number of unbranched alkanes of at least 4 members (excludes halogenated alkanes) is 6. The fourth-order valence-corrected chi connectivity index (χ4v) is 2.45. The van der Waals surface area contributed by atoms with Gasteiger partial charge in [-0.15, -0.1) is 0 Å². The summed E-state index contributed by atoms with van der Waals surface area (Å²) in [5.74, 6) is 1.33. The lowest BCUT2D eigenvalue weighted by Crippen LogP contribution is -1.98. The van der Waals surface area contributed by atoms with E-state index in [2.05, 4.69) is 28.6 Å². The highest BCUT2D eigenvalue weighted by Crippen LogP contribution is 2.25. The Morgan fingerprint density at radius 3 is 2.32 bits per heavy atom. The Morgan fingerprint density at radius 1 is 1.00 bits per heavy atom. The van der Waals surface area contributed by atoms with E-state index in [1.54, 1.807) is 6.07 Å². The molecule has 1 aromatic rings. The molecule has 0 radical (unpaired) electrons. The van der Waals surface area contributed by atoms with Crippen molar-refractivity contribution in [2.45, 2.75) is 44.9 Å². The number of rotatable bonds is 10. The molecule has 0 heterocycles. The van der Waals surface area contributed by atoms with Gasteiger partial charge in [-0.25, -0.2) is 4.39 Å². The van der Waals surface area contributed by atoms with Crippen LogP contribution in [0.5, 0.6) is 5.75 Å². The van der Waals surface area contributed by atoms with Crippen molar-refractivity contribution in [1.82, 2.24) is 0 Å². The number of thiol groups is 1. The van der Waals surface area contributed by atoms with Crippen LogP contribution in [0.3, 0.4) is 0 Å². The van der Waals surface area contributed by atoms with Crippen molar-refractivity contribution in [2.24, 2.45) is 0 Å². The molecule has 0 N–H and O–H groups in total. The second-order valence-corrected chi connectivity index (χ2v) is 5.92. The first-order valence-electron chi connectivity index (χ1n) is 6.93. The number of benzene rings is 1. The van der Waals surface area contributed by atoms with Crippen molar-refractivity contribution in [1.29, 1.82) is 0 Å². The van der Waals surface area contributed by atoms with Crippen molar-refractivity contribution < 1.29 is 9.13 Å². The van der Waals surface area contributed by atoms with Crippen LogP contribution in [0.4, 0.5) is 4.39 Å². The molecule has 0 saturated heterocycles. The third kappa shape index (κ3) is 7.83. The predicted molar refractivity (Wildman–Crippen MR) is 85.8 cm³/mol. The molecule has 0 aliphatic rings. The summed E-state index contributed by atoms with van der Waals surface area (Å²) in [6.07, 6.45) is 8.55. The Labute approximate surface area is 129 Å². The average molecular weight is 349 g/mol. The summed E-state index contributed by atoms with van der Waals surface area (Å²) < 4.78 is 19.4. The lowest BCUT2D eigenvalue weighted by molar-refractivity contribution is 0.301. The van der Waals surface area contributed by atoms with E-state index < -0.39 is 0 Å². The largest absolute Gasteiger partial charge is 0.492 e. The quantitative estimate of drug-likeness (QED) is 0.426. The number of hydrogen-bond donors (Lipinski definition) is 1. The molecule has 1 nitrogen and oxygen atoms in total. The van der Waals surface area contributed by atoms with Crippen LogP contribution in [-0.2, 0) is 0 Å². The van der Waals surface area contributed by atoms with Gasteiger partial charge in [0.1, 0.15) is 11.6 Å². The predicted octanol–water partition coefficient (Wildman–Crippen LogP) is 5.63. The molecule has 0 unspecified atom stereocenters. The van der Waals surface area contributed by atoms with Crippen LogP contribution in [0, 0.1) is 5.82 Å². The minimum atomic E-state index is -0.262. The van der Waals surface area contributed by atoms with Crippen LogP contribution < -0.4 is 4.74 Å². The van der Waals surface area contributed by atoms with E-state index in [0.717, 1.165) is 16.6 Å². The fraction of sp³-hybridized carbons (Fsp3) is 0.600. The van der Waals surface area contributed by atoms with Gasteiger partial charge in [0.05, 0.1) is 11.1 Å². The summed E-state index contributed by atoms with van der Waals surface area (Å²) in [5, 5.41) is 0. The first-order valence-corrected chi connectivity index (χ1v) is 8.35. The van der Waals surface area contributed by atoms with Crippen LogP contribution in [0.15, 0.2) is 22.7 Å². The van der Waals surface area contributed by atoms with E-state index in [1.807, 2.05) is 0 Å². The van der Waals surface area contributed by atoms with Gasteiger partial charge in [-0.2, -0.15) is 12.6 Å². The van der Waals surface area contributed by atoms with Crippen molar-refractivity contribution in [3.05, 3.63) is 28.5 Å². The molecule has 1 aromatic carbocycles. The molecule has 0 aromatic heterocycles. The van der Waals surface area contributed by atoms with Gasteiger partial charge in [-0.3, -0.25) is 0 Å². The molecule has 1 rings (SSSR count). The Hall–Kier alpha value is -0.220. The smallest absolute Gasteiger partial charge is 0.136 e. The molecule has 0 aliphatic heterocycles. The molecule has 0 saturated carbocycles. The molecule has 0 aliphatic carbocycles. The van der Waals surface area contributed by atoms with Crippen LogP contribution in [0.2, 0.25) is 0 Å². The van der Waals surface area contributed by atoms with Crippen LogP contribution in [0.25, 0.3) is 0 Å². The second-order valence-electron chi connectivity index (χ2n) is 4.62. The van der Waals surface area contributed by atoms with Gasteiger partial charge in [-0.05, 0) is 46.7 Å². The topological polar surface area (TPSA) is 9.23 Å². The lowest BCUT2D eigenvalue weighted by Gasteiger charge is -2.08. The zero-order valence-electron chi connectivity index (χ0n) is 11.2. The summed E-state index contributed by atoms with van der Waals surface area (Å²) in [6.45, 7) is 0.651. The normalized spacial score (nSPS) is 10.7. The molecular formula is C15H22BrFOS. The fourth-order valence-electron chi connectivity index (χ4n) is 1.87. The van der Waals surface area contributed by atoms with E-state index in [4.69, 9.17) is 4.74 Å². The monoisotopic (exact) mass is 348 g/mol.